The van der Waals surface area contributed by atoms with Crippen molar-refractivity contribution in [2.24, 2.45) is 0 Å². The Bertz CT molecular complexity index is 619. The van der Waals surface area contributed by atoms with E-state index in [9.17, 15) is 14.4 Å². The number of rotatable bonds is 8. The summed E-state index contributed by atoms with van der Waals surface area (Å²) in [6.07, 6.45) is 1.16. The van der Waals surface area contributed by atoms with E-state index in [0.717, 1.165) is 22.3 Å². The minimum atomic E-state index is -0.344. The summed E-state index contributed by atoms with van der Waals surface area (Å²) >= 11 is 3.29. The molecule has 0 atom stereocenters. The number of hydrogen-bond acceptors (Lipinski definition) is 4. The fourth-order valence-corrected chi connectivity index (χ4v) is 2.72. The predicted molar refractivity (Wildman–Crippen MR) is 90.3 cm³/mol. The molecule has 6 nitrogen and oxygen atoms in total. The molecular weight excluding hydrogens is 362 g/mol. The molecule has 0 spiro atoms. The van der Waals surface area contributed by atoms with Crippen molar-refractivity contribution in [3.8, 4) is 0 Å². The van der Waals surface area contributed by atoms with Gasteiger partial charge in [-0.25, -0.2) is 0 Å². The number of benzene rings is 1. The van der Waals surface area contributed by atoms with Gasteiger partial charge in [0.25, 0.3) is 11.8 Å². The van der Waals surface area contributed by atoms with Crippen molar-refractivity contribution >= 4 is 33.7 Å². The second-order valence-electron chi connectivity index (χ2n) is 5.30. The van der Waals surface area contributed by atoms with Crippen molar-refractivity contribution in [2.75, 3.05) is 26.2 Å². The molecule has 0 aromatic heterocycles. The molecule has 2 N–H and O–H groups in total. The van der Waals surface area contributed by atoms with Crippen molar-refractivity contribution in [3.63, 3.8) is 0 Å². The molecule has 0 bridgehead atoms. The third kappa shape index (κ3) is 4.39. The van der Waals surface area contributed by atoms with Crippen LogP contribution in [0.3, 0.4) is 0 Å². The quantitative estimate of drug-likeness (QED) is 0.528. The maximum Gasteiger partial charge on any atom is 0.261 e. The van der Waals surface area contributed by atoms with E-state index in [1.54, 1.807) is 18.2 Å². The Kier molecular flexibility index (Phi) is 6.29. The van der Waals surface area contributed by atoms with Gasteiger partial charge >= 0.3 is 0 Å². The minimum absolute atomic E-state index is 0.0954. The van der Waals surface area contributed by atoms with Crippen LogP contribution in [-0.4, -0.2) is 48.8 Å². The molecule has 0 radical (unpaired) electrons. The summed E-state index contributed by atoms with van der Waals surface area (Å²) in [7, 11) is 0. The first-order valence-corrected chi connectivity index (χ1v) is 8.47. The molecular formula is C16H20BrN3O3. The zero-order chi connectivity index (χ0) is 16.8. The molecule has 0 unspecified atom stereocenters. The smallest absolute Gasteiger partial charge is 0.261 e. The van der Waals surface area contributed by atoms with Crippen LogP contribution in [0.1, 0.15) is 40.5 Å². The van der Waals surface area contributed by atoms with Gasteiger partial charge in [-0.2, -0.15) is 0 Å². The molecule has 2 rings (SSSR count). The summed E-state index contributed by atoms with van der Waals surface area (Å²) in [6, 6.07) is 4.98. The van der Waals surface area contributed by atoms with Gasteiger partial charge in [-0.1, -0.05) is 22.9 Å². The standard InChI is InChI=1S/C16H20BrN3O3/c1-2-6-18-7-8-19-14(21)5-9-20-15(22)12-4-3-11(17)10-13(12)16(20)23/h3-4,10,18H,2,5-9H2,1H3,(H,19,21). The number of nitrogens with one attached hydrogen (secondary N) is 2. The third-order valence-electron chi connectivity index (χ3n) is 3.55. The first-order valence-electron chi connectivity index (χ1n) is 7.67. The van der Waals surface area contributed by atoms with Gasteiger partial charge in [0, 0.05) is 30.5 Å². The number of nitrogens with zero attached hydrogens (tertiary/aromatic N) is 1. The van der Waals surface area contributed by atoms with E-state index in [-0.39, 0.29) is 30.7 Å². The maximum atomic E-state index is 12.2. The molecule has 0 aliphatic carbocycles. The van der Waals surface area contributed by atoms with Crippen molar-refractivity contribution in [2.45, 2.75) is 19.8 Å². The minimum Gasteiger partial charge on any atom is -0.355 e. The monoisotopic (exact) mass is 381 g/mol. The van der Waals surface area contributed by atoms with E-state index in [1.165, 1.54) is 0 Å². The Morgan fingerprint density at radius 3 is 2.61 bits per heavy atom. The van der Waals surface area contributed by atoms with Crippen molar-refractivity contribution in [1.82, 2.24) is 15.5 Å². The van der Waals surface area contributed by atoms with Gasteiger partial charge in [0.05, 0.1) is 11.1 Å². The van der Waals surface area contributed by atoms with Gasteiger partial charge in [-0.05, 0) is 31.2 Å². The van der Waals surface area contributed by atoms with E-state index in [2.05, 4.69) is 33.5 Å². The van der Waals surface area contributed by atoms with Gasteiger partial charge < -0.3 is 10.6 Å². The average Bonchev–Trinajstić information content (AvgIpc) is 2.76. The number of carbonyl (C=O) groups excluding carboxylic acids is 3. The molecule has 1 heterocycles. The highest BCUT2D eigenvalue weighted by atomic mass is 79.9. The summed E-state index contributed by atoms with van der Waals surface area (Å²) in [5.74, 6) is -0.848. The Morgan fingerprint density at radius 2 is 1.87 bits per heavy atom. The summed E-state index contributed by atoms with van der Waals surface area (Å²) < 4.78 is 0.747. The summed E-state index contributed by atoms with van der Waals surface area (Å²) in [6.45, 7) is 4.33. The Balaban J connectivity index is 1.82. The first-order chi connectivity index (χ1) is 11.0. The van der Waals surface area contributed by atoms with Gasteiger partial charge in [-0.3, -0.25) is 19.3 Å². The van der Waals surface area contributed by atoms with E-state index in [4.69, 9.17) is 0 Å². The van der Waals surface area contributed by atoms with Crippen molar-refractivity contribution in [3.05, 3.63) is 33.8 Å². The molecule has 0 saturated heterocycles. The highest BCUT2D eigenvalue weighted by Crippen LogP contribution is 2.25. The summed E-state index contributed by atoms with van der Waals surface area (Å²) in [5.41, 5.74) is 0.774. The average molecular weight is 382 g/mol. The van der Waals surface area contributed by atoms with Crippen LogP contribution < -0.4 is 10.6 Å². The second-order valence-corrected chi connectivity index (χ2v) is 6.22. The molecule has 1 aliphatic heterocycles. The summed E-state index contributed by atoms with van der Waals surface area (Å²) in [4.78, 5) is 37.4. The lowest BCUT2D eigenvalue weighted by Crippen LogP contribution is -2.36. The Morgan fingerprint density at radius 1 is 1.13 bits per heavy atom. The molecule has 7 heteroatoms. The molecule has 124 valence electrons. The van der Waals surface area contributed by atoms with E-state index >= 15 is 0 Å². The van der Waals surface area contributed by atoms with Crippen LogP contribution in [0.15, 0.2) is 22.7 Å². The van der Waals surface area contributed by atoms with Crippen LogP contribution in [0.4, 0.5) is 0 Å². The second kappa shape index (κ2) is 8.21. The van der Waals surface area contributed by atoms with Gasteiger partial charge in [-0.15, -0.1) is 0 Å². The van der Waals surface area contributed by atoms with E-state index in [0.29, 0.717) is 24.2 Å². The van der Waals surface area contributed by atoms with Crippen LogP contribution in [-0.2, 0) is 4.79 Å². The lowest BCUT2D eigenvalue weighted by Gasteiger charge is -2.13. The van der Waals surface area contributed by atoms with E-state index < -0.39 is 0 Å². The lowest BCUT2D eigenvalue weighted by molar-refractivity contribution is -0.121. The Labute approximate surface area is 143 Å². The fourth-order valence-electron chi connectivity index (χ4n) is 2.36. The van der Waals surface area contributed by atoms with Crippen molar-refractivity contribution < 1.29 is 14.4 Å². The fraction of sp³-hybridized carbons (Fsp3) is 0.438. The Hall–Kier alpha value is -1.73. The number of carbonyl (C=O) groups is 3. The van der Waals surface area contributed by atoms with Gasteiger partial charge in [0.1, 0.15) is 0 Å². The maximum absolute atomic E-state index is 12.2. The normalized spacial score (nSPS) is 13.4. The molecule has 1 aliphatic rings. The first kappa shape index (κ1) is 17.6. The van der Waals surface area contributed by atoms with Crippen LogP contribution in [0.2, 0.25) is 0 Å². The molecule has 0 fully saturated rings. The largest absolute Gasteiger partial charge is 0.355 e. The van der Waals surface area contributed by atoms with Gasteiger partial charge in [0.2, 0.25) is 5.91 Å². The zero-order valence-corrected chi connectivity index (χ0v) is 14.6. The van der Waals surface area contributed by atoms with Crippen molar-refractivity contribution in [1.29, 1.82) is 0 Å². The zero-order valence-electron chi connectivity index (χ0n) is 13.0. The SMILES string of the molecule is CCCNCCNC(=O)CCN1C(=O)c2ccc(Br)cc2C1=O. The molecule has 23 heavy (non-hydrogen) atoms. The highest BCUT2D eigenvalue weighted by molar-refractivity contribution is 9.10. The molecule has 3 amide bonds. The number of hydrogen-bond donors (Lipinski definition) is 2. The number of halogens is 1. The predicted octanol–water partition coefficient (Wildman–Crippen LogP) is 1.55. The van der Waals surface area contributed by atoms with Crippen LogP contribution in [0, 0.1) is 0 Å². The van der Waals surface area contributed by atoms with E-state index in [1.807, 2.05) is 0 Å². The van der Waals surface area contributed by atoms with Gasteiger partial charge in [0.15, 0.2) is 0 Å². The molecule has 0 saturated carbocycles. The molecule has 1 aromatic carbocycles. The van der Waals surface area contributed by atoms with Crippen LogP contribution in [0.25, 0.3) is 0 Å². The van der Waals surface area contributed by atoms with Crippen LogP contribution >= 0.6 is 15.9 Å². The molecule has 1 aromatic rings. The number of imide groups is 1. The third-order valence-corrected chi connectivity index (χ3v) is 4.04. The van der Waals surface area contributed by atoms with Crippen LogP contribution in [0.5, 0.6) is 0 Å². The highest BCUT2D eigenvalue weighted by Gasteiger charge is 2.35. The summed E-state index contributed by atoms with van der Waals surface area (Å²) in [5, 5.41) is 5.95. The topological polar surface area (TPSA) is 78.5 Å². The number of fused-ring (bicyclic) bond motifs is 1. The number of amides is 3. The lowest BCUT2D eigenvalue weighted by atomic mass is 10.1.